The molecule has 0 unspecified atom stereocenters. The van der Waals surface area contributed by atoms with E-state index in [0.29, 0.717) is 48.0 Å². The molecule has 0 aliphatic carbocycles. The van der Waals surface area contributed by atoms with Crippen molar-refractivity contribution in [2.24, 2.45) is 0 Å². The smallest absolute Gasteiger partial charge is 0.419 e. The topological polar surface area (TPSA) is 102 Å². The molecule has 0 aliphatic rings. The Labute approximate surface area is 189 Å². The molecule has 0 saturated heterocycles. The van der Waals surface area contributed by atoms with Gasteiger partial charge in [0.2, 0.25) is 0 Å². The predicted molar refractivity (Wildman–Crippen MR) is 128 cm³/mol. The molecule has 2 N–H and O–H groups in total. The van der Waals surface area contributed by atoms with Crippen molar-refractivity contribution in [3.8, 4) is 11.1 Å². The number of hydrogen-bond acceptors (Lipinski definition) is 4. The van der Waals surface area contributed by atoms with Crippen LogP contribution in [0.2, 0.25) is 0 Å². The summed E-state index contributed by atoms with van der Waals surface area (Å²) in [5, 5.41) is 11.7. The molecule has 1 heterocycles. The zero-order valence-electron chi connectivity index (χ0n) is 17.7. The van der Waals surface area contributed by atoms with Crippen LogP contribution in [0, 0.1) is 0 Å². The number of amides is 1. The van der Waals surface area contributed by atoms with Gasteiger partial charge in [0.05, 0.1) is 11.2 Å². The lowest BCUT2D eigenvalue weighted by Crippen LogP contribution is -2.13. The maximum Gasteiger partial charge on any atom is 0.419 e. The average molecular weight is 442 g/mol. The number of unbranched alkanes of at least 4 members (excludes halogenated alkanes) is 1. The number of benzene rings is 3. The summed E-state index contributed by atoms with van der Waals surface area (Å²) in [6.07, 6.45) is 4.93. The Morgan fingerprint density at radius 1 is 1.03 bits per heavy atom. The van der Waals surface area contributed by atoms with Crippen LogP contribution in [-0.4, -0.2) is 22.1 Å². The normalized spacial score (nSPS) is 11.2. The lowest BCUT2D eigenvalue weighted by Gasteiger charge is -2.10. The van der Waals surface area contributed by atoms with Crippen LogP contribution >= 0.6 is 0 Å². The van der Waals surface area contributed by atoms with E-state index in [1.165, 1.54) is 0 Å². The Kier molecular flexibility index (Phi) is 6.50. The first-order chi connectivity index (χ1) is 16.0. The second kappa shape index (κ2) is 9.82. The van der Waals surface area contributed by atoms with E-state index in [0.717, 1.165) is 16.7 Å². The number of carbonyl (C=O) groups excluding carboxylic acids is 1. The molecule has 1 aromatic heterocycles. The highest BCUT2D eigenvalue weighted by Crippen LogP contribution is 2.29. The molecule has 7 nitrogen and oxygen atoms in total. The highest BCUT2D eigenvalue weighted by molar-refractivity contribution is 5.91. The minimum Gasteiger partial charge on any atom is -0.465 e. The number of aromatic nitrogens is 1. The van der Waals surface area contributed by atoms with E-state index in [9.17, 15) is 19.5 Å². The van der Waals surface area contributed by atoms with Crippen LogP contribution in [0.15, 0.2) is 82.0 Å². The molecule has 0 atom stereocenters. The highest BCUT2D eigenvalue weighted by atomic mass is 16.4. The first kappa shape index (κ1) is 21.8. The zero-order chi connectivity index (χ0) is 23.2. The zero-order valence-corrected chi connectivity index (χ0v) is 17.7. The number of aryl methyl sites for hydroxylation is 1. The maximum absolute atomic E-state index is 12.1. The van der Waals surface area contributed by atoms with Crippen LogP contribution < -0.4 is 11.1 Å². The van der Waals surface area contributed by atoms with Crippen LogP contribution in [0.5, 0.6) is 0 Å². The first-order valence-electron chi connectivity index (χ1n) is 10.5. The van der Waals surface area contributed by atoms with Crippen molar-refractivity contribution in [2.75, 3.05) is 5.32 Å². The number of allylic oxidation sites excluding steroid dienone is 1. The molecule has 0 bridgehead atoms. The van der Waals surface area contributed by atoms with E-state index in [2.05, 4.69) is 5.32 Å². The van der Waals surface area contributed by atoms with E-state index >= 15 is 0 Å². The van der Waals surface area contributed by atoms with Crippen molar-refractivity contribution in [1.82, 2.24) is 4.57 Å². The van der Waals surface area contributed by atoms with Crippen LogP contribution in [-0.2, 0) is 6.54 Å². The van der Waals surface area contributed by atoms with E-state index in [1.807, 2.05) is 54.6 Å². The average Bonchev–Trinajstić information content (AvgIpc) is 3.13. The summed E-state index contributed by atoms with van der Waals surface area (Å²) >= 11 is 0. The Bertz CT molecular complexity index is 1380. The molecule has 4 rings (SSSR count). The largest absolute Gasteiger partial charge is 0.465 e. The number of nitrogens with zero attached hydrogens (tertiary/aromatic N) is 1. The summed E-state index contributed by atoms with van der Waals surface area (Å²) < 4.78 is 6.79. The highest BCUT2D eigenvalue weighted by Gasteiger charge is 2.10. The van der Waals surface area contributed by atoms with Gasteiger partial charge < -0.3 is 9.52 Å². The van der Waals surface area contributed by atoms with Crippen LogP contribution in [0.3, 0.4) is 0 Å². The van der Waals surface area contributed by atoms with Crippen LogP contribution in [0.1, 0.15) is 28.8 Å². The number of rotatable bonds is 8. The van der Waals surface area contributed by atoms with E-state index in [-0.39, 0.29) is 0 Å². The molecular formula is C26H22N2O5. The van der Waals surface area contributed by atoms with Gasteiger partial charge in [0, 0.05) is 17.7 Å². The van der Waals surface area contributed by atoms with Crippen molar-refractivity contribution < 1.29 is 19.1 Å². The number of oxazole rings is 1. The Hall–Kier alpha value is -4.39. The monoisotopic (exact) mass is 442 g/mol. The molecule has 0 aliphatic heterocycles. The number of anilines is 1. The SMILES string of the molecule is O=Cc1ccc2c(c1)oc(=O)n2CCCC=Cc1ccc(-c2ccccc2)c(NC(=O)O)c1. The van der Waals surface area contributed by atoms with Gasteiger partial charge in [0.25, 0.3) is 0 Å². The fourth-order valence-corrected chi connectivity index (χ4v) is 3.71. The molecule has 1 amide bonds. The maximum atomic E-state index is 12.1. The van der Waals surface area contributed by atoms with Crippen molar-refractivity contribution in [1.29, 1.82) is 0 Å². The van der Waals surface area contributed by atoms with E-state index in [4.69, 9.17) is 4.42 Å². The molecule has 0 fully saturated rings. The van der Waals surface area contributed by atoms with Gasteiger partial charge in [-0.25, -0.2) is 9.59 Å². The lowest BCUT2D eigenvalue weighted by molar-refractivity contribution is 0.112. The second-order valence-corrected chi connectivity index (χ2v) is 7.51. The number of aldehydes is 1. The van der Waals surface area contributed by atoms with Crippen LogP contribution in [0.25, 0.3) is 28.3 Å². The standard InChI is InChI=1S/C26H22N2O5/c29-17-19-11-13-23-24(16-19)33-26(32)28(23)14-6-2-3-7-18-10-12-21(20-8-4-1-5-9-20)22(15-18)27-25(30)31/h1,3-5,7-13,15-17,27H,2,6,14H2,(H,30,31). The van der Waals surface area contributed by atoms with Gasteiger partial charge in [0.15, 0.2) is 5.58 Å². The van der Waals surface area contributed by atoms with Gasteiger partial charge in [0.1, 0.15) is 6.29 Å². The summed E-state index contributed by atoms with van der Waals surface area (Å²) in [4.78, 5) is 34.3. The van der Waals surface area contributed by atoms with E-state index in [1.54, 1.807) is 28.8 Å². The number of fused-ring (bicyclic) bond motifs is 1. The number of carbonyl (C=O) groups is 2. The summed E-state index contributed by atoms with van der Waals surface area (Å²) in [5.41, 5.74) is 4.63. The third kappa shape index (κ3) is 5.10. The first-order valence-corrected chi connectivity index (χ1v) is 10.5. The second-order valence-electron chi connectivity index (χ2n) is 7.51. The van der Waals surface area contributed by atoms with Gasteiger partial charge >= 0.3 is 11.8 Å². The minimum atomic E-state index is -1.12. The number of hydrogen-bond donors (Lipinski definition) is 2. The molecule has 4 aromatic rings. The number of carboxylic acid groups (broad SMARTS) is 1. The molecular weight excluding hydrogens is 420 g/mol. The summed E-state index contributed by atoms with van der Waals surface area (Å²) in [6.45, 7) is 0.482. The molecule has 166 valence electrons. The van der Waals surface area contributed by atoms with Crippen molar-refractivity contribution >= 4 is 35.2 Å². The van der Waals surface area contributed by atoms with Gasteiger partial charge in [-0.3, -0.25) is 14.7 Å². The molecule has 7 heteroatoms. The van der Waals surface area contributed by atoms with Gasteiger partial charge in [-0.2, -0.15) is 0 Å². The minimum absolute atomic E-state index is 0.400. The summed E-state index contributed by atoms with van der Waals surface area (Å²) in [5.74, 6) is -0.446. The number of nitrogens with one attached hydrogen (secondary N) is 1. The summed E-state index contributed by atoms with van der Waals surface area (Å²) in [6, 6.07) is 20.1. The third-order valence-corrected chi connectivity index (χ3v) is 5.26. The molecule has 0 saturated carbocycles. The quantitative estimate of drug-likeness (QED) is 0.271. The Morgan fingerprint density at radius 3 is 2.58 bits per heavy atom. The van der Waals surface area contributed by atoms with Gasteiger partial charge in [-0.1, -0.05) is 54.6 Å². The fraction of sp³-hybridized carbons (Fsp3) is 0.115. The molecule has 3 aromatic carbocycles. The predicted octanol–water partition coefficient (Wildman–Crippen LogP) is 5.66. The molecule has 33 heavy (non-hydrogen) atoms. The molecule has 0 spiro atoms. The van der Waals surface area contributed by atoms with Crippen molar-refractivity contribution in [2.45, 2.75) is 19.4 Å². The van der Waals surface area contributed by atoms with Crippen molar-refractivity contribution in [3.05, 3.63) is 94.5 Å². The van der Waals surface area contributed by atoms with E-state index < -0.39 is 11.8 Å². The van der Waals surface area contributed by atoms with Gasteiger partial charge in [-0.15, -0.1) is 0 Å². The Balaban J connectivity index is 1.44. The van der Waals surface area contributed by atoms with Gasteiger partial charge in [-0.05, 0) is 48.2 Å². The Morgan fingerprint density at radius 2 is 1.82 bits per heavy atom. The fourth-order valence-electron chi connectivity index (χ4n) is 3.71. The lowest BCUT2D eigenvalue weighted by atomic mass is 10.0. The summed E-state index contributed by atoms with van der Waals surface area (Å²) in [7, 11) is 0. The molecule has 0 radical (unpaired) electrons. The third-order valence-electron chi connectivity index (χ3n) is 5.26. The van der Waals surface area contributed by atoms with Crippen molar-refractivity contribution in [3.63, 3.8) is 0 Å². The van der Waals surface area contributed by atoms with Crippen LogP contribution in [0.4, 0.5) is 10.5 Å².